The predicted octanol–water partition coefficient (Wildman–Crippen LogP) is 3.60. The number of aliphatic hydroxyl groups is 1. The van der Waals surface area contributed by atoms with Crippen LogP contribution < -0.4 is 10.1 Å². The van der Waals surface area contributed by atoms with Crippen LogP contribution in [-0.4, -0.2) is 30.4 Å². The van der Waals surface area contributed by atoms with E-state index < -0.39 is 6.10 Å². The number of benzene rings is 1. The second-order valence-corrected chi connectivity index (χ2v) is 7.36. The summed E-state index contributed by atoms with van der Waals surface area (Å²) >= 11 is 3.39. The van der Waals surface area contributed by atoms with E-state index in [1.807, 2.05) is 24.3 Å². The molecule has 1 aliphatic rings. The molecule has 2 rings (SSSR count). The Balaban J connectivity index is 1.67. The van der Waals surface area contributed by atoms with Crippen LogP contribution in [0.25, 0.3) is 0 Å². The maximum absolute atomic E-state index is 10.0. The minimum atomic E-state index is -0.471. The molecule has 3 unspecified atom stereocenters. The van der Waals surface area contributed by atoms with Crippen molar-refractivity contribution in [2.24, 2.45) is 11.8 Å². The van der Waals surface area contributed by atoms with Crippen LogP contribution >= 0.6 is 15.9 Å². The van der Waals surface area contributed by atoms with Crippen LogP contribution in [0.3, 0.4) is 0 Å². The molecule has 3 atom stereocenters. The second-order valence-electron chi connectivity index (χ2n) is 6.44. The lowest BCUT2D eigenvalue weighted by Gasteiger charge is -2.32. The standard InChI is InChI=1S/C17H26BrNO2/c1-12-7-13(2)9-15(8-12)19-10-16(20)11-21-17-5-3-14(18)4-6-17/h3-6,12-13,15-16,19-20H,7-11H2,1-2H3. The fourth-order valence-corrected chi connectivity index (χ4v) is 3.46. The molecule has 2 N–H and O–H groups in total. The number of rotatable bonds is 6. The van der Waals surface area contributed by atoms with Crippen molar-refractivity contribution < 1.29 is 9.84 Å². The van der Waals surface area contributed by atoms with E-state index in [0.717, 1.165) is 22.1 Å². The van der Waals surface area contributed by atoms with E-state index in [1.165, 1.54) is 19.3 Å². The van der Waals surface area contributed by atoms with Crippen molar-refractivity contribution in [3.63, 3.8) is 0 Å². The lowest BCUT2D eigenvalue weighted by molar-refractivity contribution is 0.0983. The quantitative estimate of drug-likeness (QED) is 0.818. The molecule has 1 aromatic carbocycles. The smallest absolute Gasteiger partial charge is 0.119 e. The Labute approximate surface area is 136 Å². The largest absolute Gasteiger partial charge is 0.491 e. The Hall–Kier alpha value is -0.580. The summed E-state index contributed by atoms with van der Waals surface area (Å²) in [5, 5.41) is 13.5. The first-order valence-corrected chi connectivity index (χ1v) is 8.62. The van der Waals surface area contributed by atoms with Gasteiger partial charge in [-0.05, 0) is 55.4 Å². The van der Waals surface area contributed by atoms with Gasteiger partial charge in [0.15, 0.2) is 0 Å². The molecule has 0 heterocycles. The first-order valence-electron chi connectivity index (χ1n) is 7.82. The molecule has 0 bridgehead atoms. The van der Waals surface area contributed by atoms with Crippen molar-refractivity contribution >= 4 is 15.9 Å². The summed E-state index contributed by atoms with van der Waals surface area (Å²) < 4.78 is 6.62. The Morgan fingerprint density at radius 3 is 2.43 bits per heavy atom. The van der Waals surface area contributed by atoms with E-state index in [2.05, 4.69) is 35.1 Å². The number of hydrogen-bond acceptors (Lipinski definition) is 3. The third kappa shape index (κ3) is 5.97. The maximum Gasteiger partial charge on any atom is 0.119 e. The minimum absolute atomic E-state index is 0.326. The molecule has 21 heavy (non-hydrogen) atoms. The fourth-order valence-electron chi connectivity index (χ4n) is 3.20. The molecule has 1 fully saturated rings. The van der Waals surface area contributed by atoms with Crippen LogP contribution in [0.5, 0.6) is 5.75 Å². The van der Waals surface area contributed by atoms with Gasteiger partial charge >= 0.3 is 0 Å². The molecule has 1 aliphatic carbocycles. The molecule has 0 saturated heterocycles. The molecule has 4 heteroatoms. The summed E-state index contributed by atoms with van der Waals surface area (Å²) in [5.74, 6) is 2.35. The van der Waals surface area contributed by atoms with Crippen LogP contribution in [0.1, 0.15) is 33.1 Å². The molecule has 0 spiro atoms. The van der Waals surface area contributed by atoms with Crippen molar-refractivity contribution in [3.05, 3.63) is 28.7 Å². The molecular weight excluding hydrogens is 330 g/mol. The molecule has 118 valence electrons. The number of nitrogens with one attached hydrogen (secondary N) is 1. The van der Waals surface area contributed by atoms with Gasteiger partial charge in [-0.15, -0.1) is 0 Å². The monoisotopic (exact) mass is 355 g/mol. The highest BCUT2D eigenvalue weighted by Gasteiger charge is 2.23. The summed E-state index contributed by atoms with van der Waals surface area (Å²) in [5.41, 5.74) is 0. The molecule has 0 radical (unpaired) electrons. The molecule has 1 aromatic rings. The molecule has 0 aliphatic heterocycles. The average Bonchev–Trinajstić information content (AvgIpc) is 2.43. The van der Waals surface area contributed by atoms with Gasteiger partial charge in [0.2, 0.25) is 0 Å². The van der Waals surface area contributed by atoms with Crippen molar-refractivity contribution in [3.8, 4) is 5.75 Å². The number of hydrogen-bond donors (Lipinski definition) is 2. The Kier molecular flexibility index (Phi) is 6.52. The fraction of sp³-hybridized carbons (Fsp3) is 0.647. The summed E-state index contributed by atoms with van der Waals surface area (Å²) in [6, 6.07) is 8.20. The van der Waals surface area contributed by atoms with Gasteiger partial charge < -0.3 is 15.2 Å². The van der Waals surface area contributed by atoms with E-state index in [0.29, 0.717) is 19.2 Å². The second kappa shape index (κ2) is 8.16. The third-order valence-corrected chi connectivity index (χ3v) is 4.61. The van der Waals surface area contributed by atoms with Gasteiger partial charge in [0, 0.05) is 17.1 Å². The first kappa shape index (κ1) is 16.8. The first-order chi connectivity index (χ1) is 10.0. The minimum Gasteiger partial charge on any atom is -0.491 e. The highest BCUT2D eigenvalue weighted by atomic mass is 79.9. The summed E-state index contributed by atoms with van der Waals surface area (Å²) in [6.07, 6.45) is 3.28. The summed E-state index contributed by atoms with van der Waals surface area (Å²) in [6.45, 7) is 5.56. The summed E-state index contributed by atoms with van der Waals surface area (Å²) in [4.78, 5) is 0. The van der Waals surface area contributed by atoms with Crippen molar-refractivity contribution in [2.45, 2.75) is 45.3 Å². The lowest BCUT2D eigenvalue weighted by Crippen LogP contribution is -2.41. The Bertz CT molecular complexity index is 413. The molecule has 1 saturated carbocycles. The number of aliphatic hydroxyl groups excluding tert-OH is 1. The van der Waals surface area contributed by atoms with E-state index >= 15 is 0 Å². The normalized spacial score (nSPS) is 27.3. The van der Waals surface area contributed by atoms with Crippen molar-refractivity contribution in [1.29, 1.82) is 0 Å². The number of halogens is 1. The van der Waals surface area contributed by atoms with Crippen LogP contribution in [0.15, 0.2) is 28.7 Å². The molecule has 3 nitrogen and oxygen atoms in total. The van der Waals surface area contributed by atoms with E-state index in [1.54, 1.807) is 0 Å². The maximum atomic E-state index is 10.0. The van der Waals surface area contributed by atoms with Crippen LogP contribution in [0.4, 0.5) is 0 Å². The Morgan fingerprint density at radius 2 is 1.81 bits per heavy atom. The van der Waals surface area contributed by atoms with Crippen LogP contribution in [-0.2, 0) is 0 Å². The van der Waals surface area contributed by atoms with Gasteiger partial charge in [-0.1, -0.05) is 29.8 Å². The van der Waals surface area contributed by atoms with Gasteiger partial charge in [0.25, 0.3) is 0 Å². The highest BCUT2D eigenvalue weighted by Crippen LogP contribution is 2.28. The van der Waals surface area contributed by atoms with Gasteiger partial charge in [-0.2, -0.15) is 0 Å². The van der Waals surface area contributed by atoms with Crippen LogP contribution in [0.2, 0.25) is 0 Å². The summed E-state index contributed by atoms with van der Waals surface area (Å²) in [7, 11) is 0. The van der Waals surface area contributed by atoms with Gasteiger partial charge in [0.1, 0.15) is 18.5 Å². The van der Waals surface area contributed by atoms with Gasteiger partial charge in [-0.25, -0.2) is 0 Å². The van der Waals surface area contributed by atoms with E-state index in [-0.39, 0.29) is 0 Å². The molecular formula is C17H26BrNO2. The van der Waals surface area contributed by atoms with E-state index in [9.17, 15) is 5.11 Å². The Morgan fingerprint density at radius 1 is 1.19 bits per heavy atom. The molecule has 0 amide bonds. The predicted molar refractivity (Wildman–Crippen MR) is 89.6 cm³/mol. The zero-order chi connectivity index (χ0) is 15.2. The van der Waals surface area contributed by atoms with Gasteiger partial charge in [0.05, 0.1) is 0 Å². The highest BCUT2D eigenvalue weighted by molar-refractivity contribution is 9.10. The topological polar surface area (TPSA) is 41.5 Å². The zero-order valence-corrected chi connectivity index (χ0v) is 14.5. The van der Waals surface area contributed by atoms with E-state index in [4.69, 9.17) is 4.74 Å². The van der Waals surface area contributed by atoms with Crippen molar-refractivity contribution in [1.82, 2.24) is 5.32 Å². The van der Waals surface area contributed by atoms with Crippen LogP contribution in [0, 0.1) is 11.8 Å². The van der Waals surface area contributed by atoms with Gasteiger partial charge in [-0.3, -0.25) is 0 Å². The number of ether oxygens (including phenoxy) is 1. The SMILES string of the molecule is CC1CC(C)CC(NCC(O)COc2ccc(Br)cc2)C1. The molecule has 0 aromatic heterocycles. The zero-order valence-electron chi connectivity index (χ0n) is 12.9. The van der Waals surface area contributed by atoms with Crippen molar-refractivity contribution in [2.75, 3.05) is 13.2 Å². The lowest BCUT2D eigenvalue weighted by atomic mass is 9.80. The third-order valence-electron chi connectivity index (χ3n) is 4.08. The average molecular weight is 356 g/mol.